The standard InChI is InChI=1S/C11H13ClFNO/c12-9-6-7(13)5-8(10(9)15)11(14)3-1-2-4-11/h5-6,15H,1-4,14H2. The molecule has 1 aliphatic carbocycles. The summed E-state index contributed by atoms with van der Waals surface area (Å²) in [6.45, 7) is 0. The van der Waals surface area contributed by atoms with Crippen molar-refractivity contribution in [2.75, 3.05) is 0 Å². The van der Waals surface area contributed by atoms with Gasteiger partial charge in [0.2, 0.25) is 0 Å². The third kappa shape index (κ3) is 1.82. The second-order valence-electron chi connectivity index (χ2n) is 4.15. The van der Waals surface area contributed by atoms with Gasteiger partial charge in [-0.2, -0.15) is 0 Å². The molecule has 0 spiro atoms. The van der Waals surface area contributed by atoms with Crippen LogP contribution in [0.2, 0.25) is 5.02 Å². The molecule has 0 unspecified atom stereocenters. The van der Waals surface area contributed by atoms with Crippen LogP contribution in [0.3, 0.4) is 0 Å². The molecule has 1 aromatic rings. The Balaban J connectivity index is 2.51. The van der Waals surface area contributed by atoms with E-state index in [2.05, 4.69) is 0 Å². The lowest BCUT2D eigenvalue weighted by molar-refractivity contribution is 0.406. The first-order valence-corrected chi connectivity index (χ1v) is 5.38. The maximum atomic E-state index is 13.2. The van der Waals surface area contributed by atoms with Gasteiger partial charge in [0.1, 0.15) is 11.6 Å². The van der Waals surface area contributed by atoms with Crippen molar-refractivity contribution in [1.29, 1.82) is 0 Å². The number of rotatable bonds is 1. The minimum Gasteiger partial charge on any atom is -0.506 e. The minimum absolute atomic E-state index is 0.0294. The Hall–Kier alpha value is -0.800. The number of halogens is 2. The van der Waals surface area contributed by atoms with Crippen LogP contribution in [-0.2, 0) is 5.54 Å². The first kappa shape index (κ1) is 10.7. The third-order valence-corrected chi connectivity index (χ3v) is 3.35. The van der Waals surface area contributed by atoms with Crippen LogP contribution in [-0.4, -0.2) is 5.11 Å². The summed E-state index contributed by atoms with van der Waals surface area (Å²) in [5, 5.41) is 9.80. The summed E-state index contributed by atoms with van der Waals surface area (Å²) in [6.07, 6.45) is 3.54. The lowest BCUT2D eigenvalue weighted by atomic mass is 9.88. The number of phenols is 1. The van der Waals surface area contributed by atoms with Gasteiger partial charge in [0.15, 0.2) is 0 Å². The Morgan fingerprint density at radius 1 is 1.33 bits per heavy atom. The van der Waals surface area contributed by atoms with Gasteiger partial charge in [-0.05, 0) is 25.0 Å². The highest BCUT2D eigenvalue weighted by atomic mass is 35.5. The molecular formula is C11H13ClFNO. The lowest BCUT2D eigenvalue weighted by Gasteiger charge is -2.25. The molecule has 0 amide bonds. The molecule has 1 aromatic carbocycles. The maximum absolute atomic E-state index is 13.2. The fraction of sp³-hybridized carbons (Fsp3) is 0.455. The van der Waals surface area contributed by atoms with E-state index in [4.69, 9.17) is 17.3 Å². The van der Waals surface area contributed by atoms with Gasteiger partial charge >= 0.3 is 0 Å². The summed E-state index contributed by atoms with van der Waals surface area (Å²) in [4.78, 5) is 0. The van der Waals surface area contributed by atoms with Crippen LogP contribution < -0.4 is 5.73 Å². The highest BCUT2D eigenvalue weighted by molar-refractivity contribution is 6.32. The van der Waals surface area contributed by atoms with Gasteiger partial charge in [-0.25, -0.2) is 4.39 Å². The van der Waals surface area contributed by atoms with Crippen molar-refractivity contribution < 1.29 is 9.50 Å². The molecule has 1 saturated carbocycles. The number of hydrogen-bond donors (Lipinski definition) is 2. The summed E-state index contributed by atoms with van der Waals surface area (Å²) >= 11 is 5.71. The number of aromatic hydroxyl groups is 1. The van der Waals surface area contributed by atoms with Gasteiger partial charge in [0.05, 0.1) is 5.02 Å². The van der Waals surface area contributed by atoms with E-state index >= 15 is 0 Å². The maximum Gasteiger partial charge on any atom is 0.139 e. The summed E-state index contributed by atoms with van der Waals surface area (Å²) in [5.41, 5.74) is 5.95. The Kier molecular flexibility index (Phi) is 2.61. The van der Waals surface area contributed by atoms with E-state index in [0.717, 1.165) is 31.7 Å². The van der Waals surface area contributed by atoms with Crippen LogP contribution in [0.1, 0.15) is 31.2 Å². The first-order valence-electron chi connectivity index (χ1n) is 5.00. The molecule has 0 bridgehead atoms. The van der Waals surface area contributed by atoms with E-state index in [9.17, 15) is 9.50 Å². The molecule has 1 fully saturated rings. The molecule has 0 aliphatic heterocycles. The summed E-state index contributed by atoms with van der Waals surface area (Å²) in [5.74, 6) is -0.535. The molecule has 2 rings (SSSR count). The molecule has 0 radical (unpaired) electrons. The summed E-state index contributed by atoms with van der Waals surface area (Å²) < 4.78 is 13.2. The van der Waals surface area contributed by atoms with Gasteiger partial charge in [-0.1, -0.05) is 24.4 Å². The van der Waals surface area contributed by atoms with Crippen molar-refractivity contribution in [2.45, 2.75) is 31.2 Å². The number of nitrogens with two attached hydrogens (primary N) is 1. The van der Waals surface area contributed by atoms with E-state index in [-0.39, 0.29) is 10.8 Å². The highest BCUT2D eigenvalue weighted by Crippen LogP contribution is 2.42. The van der Waals surface area contributed by atoms with Crippen molar-refractivity contribution in [3.8, 4) is 5.75 Å². The molecule has 4 heteroatoms. The molecule has 1 aliphatic rings. The van der Waals surface area contributed by atoms with E-state index in [0.29, 0.717) is 5.56 Å². The predicted octanol–water partition coefficient (Wildman–Crippen LogP) is 2.91. The third-order valence-electron chi connectivity index (χ3n) is 3.06. The Morgan fingerprint density at radius 2 is 1.93 bits per heavy atom. The van der Waals surface area contributed by atoms with Crippen LogP contribution in [0.15, 0.2) is 12.1 Å². The fourth-order valence-electron chi connectivity index (χ4n) is 2.22. The topological polar surface area (TPSA) is 46.2 Å². The predicted molar refractivity (Wildman–Crippen MR) is 57.4 cm³/mol. The van der Waals surface area contributed by atoms with E-state index in [1.807, 2.05) is 0 Å². The van der Waals surface area contributed by atoms with Crippen LogP contribution in [0.25, 0.3) is 0 Å². The molecule has 82 valence electrons. The molecule has 0 heterocycles. The largest absolute Gasteiger partial charge is 0.506 e. The lowest BCUT2D eigenvalue weighted by Crippen LogP contribution is -2.33. The molecule has 0 aromatic heterocycles. The van der Waals surface area contributed by atoms with Gasteiger partial charge in [-0.3, -0.25) is 0 Å². The minimum atomic E-state index is -0.615. The highest BCUT2D eigenvalue weighted by Gasteiger charge is 2.34. The molecular weight excluding hydrogens is 217 g/mol. The number of phenolic OH excluding ortho intramolecular Hbond substituents is 1. The van der Waals surface area contributed by atoms with Gasteiger partial charge in [0.25, 0.3) is 0 Å². The molecule has 2 nitrogen and oxygen atoms in total. The monoisotopic (exact) mass is 229 g/mol. The second kappa shape index (κ2) is 3.65. The van der Waals surface area contributed by atoms with Crippen LogP contribution >= 0.6 is 11.6 Å². The molecule has 15 heavy (non-hydrogen) atoms. The average Bonchev–Trinajstić information content (AvgIpc) is 2.59. The second-order valence-corrected chi connectivity index (χ2v) is 4.55. The van der Waals surface area contributed by atoms with E-state index in [1.54, 1.807) is 0 Å². The summed E-state index contributed by atoms with van der Waals surface area (Å²) in [6, 6.07) is 2.38. The zero-order chi connectivity index (χ0) is 11.1. The SMILES string of the molecule is NC1(c2cc(F)cc(Cl)c2O)CCCC1. The normalized spacial score (nSPS) is 19.4. The van der Waals surface area contributed by atoms with Crippen LogP contribution in [0.4, 0.5) is 4.39 Å². The van der Waals surface area contributed by atoms with Gasteiger partial charge < -0.3 is 10.8 Å². The quantitative estimate of drug-likeness (QED) is 0.778. The Labute approximate surface area is 92.9 Å². The molecule has 0 atom stereocenters. The van der Waals surface area contributed by atoms with Crippen molar-refractivity contribution in [3.63, 3.8) is 0 Å². The zero-order valence-electron chi connectivity index (χ0n) is 8.26. The first-order chi connectivity index (χ1) is 7.03. The molecule has 3 N–H and O–H groups in total. The molecule has 0 saturated heterocycles. The van der Waals surface area contributed by atoms with E-state index in [1.165, 1.54) is 6.07 Å². The Bertz CT molecular complexity index is 388. The van der Waals surface area contributed by atoms with Crippen LogP contribution in [0.5, 0.6) is 5.75 Å². The van der Waals surface area contributed by atoms with Gasteiger partial charge in [0, 0.05) is 11.1 Å². The van der Waals surface area contributed by atoms with Crippen molar-refractivity contribution in [3.05, 3.63) is 28.5 Å². The smallest absolute Gasteiger partial charge is 0.139 e. The number of benzene rings is 1. The fourth-order valence-corrected chi connectivity index (χ4v) is 2.43. The van der Waals surface area contributed by atoms with Gasteiger partial charge in [-0.15, -0.1) is 0 Å². The van der Waals surface area contributed by atoms with Crippen molar-refractivity contribution >= 4 is 11.6 Å². The van der Waals surface area contributed by atoms with Crippen LogP contribution in [0, 0.1) is 5.82 Å². The zero-order valence-corrected chi connectivity index (χ0v) is 9.02. The van der Waals surface area contributed by atoms with E-state index < -0.39 is 11.4 Å². The van der Waals surface area contributed by atoms with Crippen molar-refractivity contribution in [2.24, 2.45) is 5.73 Å². The summed E-state index contributed by atoms with van der Waals surface area (Å²) in [7, 11) is 0. The Morgan fingerprint density at radius 3 is 2.53 bits per heavy atom. The number of hydrogen-bond acceptors (Lipinski definition) is 2. The average molecular weight is 230 g/mol. The van der Waals surface area contributed by atoms with Crippen molar-refractivity contribution in [1.82, 2.24) is 0 Å².